The molecule has 272 valence electrons. The maximum absolute atomic E-state index is 14.1. The first-order valence-electron chi connectivity index (χ1n) is 16.7. The van der Waals surface area contributed by atoms with Gasteiger partial charge in [0, 0.05) is 0 Å². The van der Waals surface area contributed by atoms with Gasteiger partial charge >= 0.3 is 19.8 Å². The largest absolute Gasteiger partial charge is 0.464 e. The number of carbonyl (C=O) groups excluding carboxylic acids is 2. The van der Waals surface area contributed by atoms with Crippen molar-refractivity contribution in [3.05, 3.63) is 54.5 Å². The molecule has 0 radical (unpaired) electrons. The topological polar surface area (TPSA) is 216 Å². The predicted molar refractivity (Wildman–Crippen MR) is 180 cm³/mol. The number of aliphatic hydroxyl groups is 2. The molecule has 1 aliphatic rings. The highest BCUT2D eigenvalue weighted by molar-refractivity contribution is 7.52. The highest BCUT2D eigenvalue weighted by atomic mass is 31.2. The van der Waals surface area contributed by atoms with Gasteiger partial charge in [0.25, 0.3) is 0 Å². The summed E-state index contributed by atoms with van der Waals surface area (Å²) in [4.78, 5) is 29.3. The van der Waals surface area contributed by atoms with Crippen molar-refractivity contribution in [2.45, 2.75) is 89.8 Å². The Morgan fingerprint density at radius 3 is 2.54 bits per heavy atom. The van der Waals surface area contributed by atoms with Crippen LogP contribution in [0.3, 0.4) is 0 Å². The van der Waals surface area contributed by atoms with Crippen LogP contribution in [0.4, 0.5) is 10.6 Å². The van der Waals surface area contributed by atoms with Crippen LogP contribution in [0.2, 0.25) is 0 Å². The minimum atomic E-state index is -4.38. The van der Waals surface area contributed by atoms with Gasteiger partial charge in [-0.25, -0.2) is 18.9 Å². The van der Waals surface area contributed by atoms with E-state index in [9.17, 15) is 29.6 Å². The van der Waals surface area contributed by atoms with E-state index >= 15 is 0 Å². The van der Waals surface area contributed by atoms with E-state index < -0.39 is 56.4 Å². The Bertz CT molecular complexity index is 1670. The number of amides is 1. The van der Waals surface area contributed by atoms with Crippen LogP contribution in [0.1, 0.15) is 65.5 Å². The second kappa shape index (κ2) is 17.7. The maximum atomic E-state index is 14.1. The van der Waals surface area contributed by atoms with E-state index in [-0.39, 0.29) is 41.9 Å². The summed E-state index contributed by atoms with van der Waals surface area (Å²) in [5.41, 5.74) is -1.92. The van der Waals surface area contributed by atoms with Crippen molar-refractivity contribution in [1.82, 2.24) is 19.7 Å². The Morgan fingerprint density at radius 2 is 1.86 bits per heavy atom. The molecule has 0 bridgehead atoms. The summed E-state index contributed by atoms with van der Waals surface area (Å²) >= 11 is 0. The average Bonchev–Trinajstić information content (AvgIpc) is 3.66. The second-order valence-electron chi connectivity index (χ2n) is 11.9. The number of anilines is 1. The third kappa shape index (κ3) is 9.16. The Morgan fingerprint density at radius 1 is 1.12 bits per heavy atom. The summed E-state index contributed by atoms with van der Waals surface area (Å²) in [6, 6.07) is 11.9. The Balaban J connectivity index is 1.52. The van der Waals surface area contributed by atoms with Crippen LogP contribution in [0.15, 0.2) is 48.8 Å². The van der Waals surface area contributed by atoms with Crippen molar-refractivity contribution in [2.24, 2.45) is 5.92 Å². The molecule has 1 aromatic carbocycles. The lowest BCUT2D eigenvalue weighted by Gasteiger charge is -2.25. The molecule has 2 aromatic heterocycles. The van der Waals surface area contributed by atoms with Gasteiger partial charge in [0.2, 0.25) is 5.60 Å². The van der Waals surface area contributed by atoms with Gasteiger partial charge in [-0.05, 0) is 43.5 Å². The zero-order chi connectivity index (χ0) is 36.3. The standard InChI is InChI=1S/C33H45N6O10P/c1-5-8-12-17-45-32(43)37-30-25-15-16-27(39(25)36-21-35-30)33(20-34)29(41)28(40)26(48-33)19-47-50(44,49-24-13-10-9-11-14-24)38-22(4)31(42)46-18-23(6-2)7-3/h9-11,13-16,21-23,26,28-29,40-41H,5-8,12,17-19H2,1-4H3,(H,38,44)(H,35,36,37,43)/t22-,26+,28+,29+,33-,50?/m0/s1. The molecule has 3 heterocycles. The summed E-state index contributed by atoms with van der Waals surface area (Å²) in [6.07, 6.45) is -0.305. The van der Waals surface area contributed by atoms with E-state index in [0.29, 0.717) is 6.42 Å². The number of aromatic nitrogens is 3. The quantitative estimate of drug-likeness (QED) is 0.0812. The molecule has 3 aromatic rings. The minimum Gasteiger partial charge on any atom is -0.464 e. The van der Waals surface area contributed by atoms with Gasteiger partial charge in [-0.1, -0.05) is 64.7 Å². The SMILES string of the molecule is CCCCCOC(=O)Nc1ncnn2c([C@]3(C#N)O[C@H](COP(=O)(N[C@@H](C)C(=O)OCC(CC)CC)Oc4ccccc4)[C@@H](O)[C@H]3O)ccc12. The summed E-state index contributed by atoms with van der Waals surface area (Å²) in [5.74, 6) is -0.264. The van der Waals surface area contributed by atoms with Crippen LogP contribution in [0, 0.1) is 17.2 Å². The predicted octanol–water partition coefficient (Wildman–Crippen LogP) is 4.47. The van der Waals surface area contributed by atoms with Crippen LogP contribution in [0.25, 0.3) is 5.52 Å². The molecule has 50 heavy (non-hydrogen) atoms. The van der Waals surface area contributed by atoms with Gasteiger partial charge in [-0.15, -0.1) is 0 Å². The number of carbonyl (C=O) groups is 2. The molecule has 1 amide bonds. The smallest absolute Gasteiger partial charge is 0.459 e. The number of aliphatic hydroxyl groups excluding tert-OH is 2. The summed E-state index contributed by atoms with van der Waals surface area (Å²) in [6.45, 7) is 7.25. The van der Waals surface area contributed by atoms with E-state index in [1.165, 1.54) is 35.7 Å². The molecule has 1 fully saturated rings. The first-order valence-corrected chi connectivity index (χ1v) is 18.2. The average molecular weight is 717 g/mol. The number of nitriles is 1. The van der Waals surface area contributed by atoms with Crippen LogP contribution >= 0.6 is 7.75 Å². The van der Waals surface area contributed by atoms with E-state index in [2.05, 4.69) is 20.5 Å². The third-order valence-electron chi connectivity index (χ3n) is 8.36. The van der Waals surface area contributed by atoms with Crippen LogP contribution in [-0.2, 0) is 33.7 Å². The van der Waals surface area contributed by atoms with E-state index in [4.69, 9.17) is 23.3 Å². The van der Waals surface area contributed by atoms with Crippen molar-refractivity contribution in [3.8, 4) is 11.8 Å². The van der Waals surface area contributed by atoms with E-state index in [1.807, 2.05) is 26.8 Å². The van der Waals surface area contributed by atoms with Gasteiger partial charge in [0.1, 0.15) is 48.0 Å². The Labute approximate surface area is 290 Å². The summed E-state index contributed by atoms with van der Waals surface area (Å²) in [5, 5.41) is 42.0. The number of esters is 1. The van der Waals surface area contributed by atoms with E-state index in [1.54, 1.807) is 18.2 Å². The maximum Gasteiger partial charge on any atom is 0.459 e. The molecule has 16 nitrogen and oxygen atoms in total. The van der Waals surface area contributed by atoms with Crippen LogP contribution in [0.5, 0.6) is 5.75 Å². The number of hydrogen-bond acceptors (Lipinski definition) is 13. The molecule has 1 aliphatic heterocycles. The molecule has 4 rings (SSSR count). The lowest BCUT2D eigenvalue weighted by atomic mass is 9.92. The molecular formula is C33H45N6O10P. The number of ether oxygens (including phenoxy) is 3. The number of para-hydroxylation sites is 1. The molecule has 1 unspecified atom stereocenters. The van der Waals surface area contributed by atoms with Gasteiger partial charge in [-0.2, -0.15) is 15.4 Å². The fourth-order valence-corrected chi connectivity index (χ4v) is 6.80. The number of unbranched alkanes of at least 4 members (excludes halogenated alkanes) is 2. The first kappa shape index (κ1) is 38.7. The van der Waals surface area contributed by atoms with E-state index in [0.717, 1.165) is 32.0 Å². The molecular weight excluding hydrogens is 671 g/mol. The number of benzene rings is 1. The lowest BCUT2D eigenvalue weighted by Crippen LogP contribution is -2.41. The van der Waals surface area contributed by atoms with Gasteiger partial charge < -0.3 is 28.9 Å². The molecule has 0 aliphatic carbocycles. The fraction of sp³-hybridized carbons (Fsp3) is 0.545. The zero-order valence-corrected chi connectivity index (χ0v) is 29.5. The molecule has 17 heteroatoms. The van der Waals surface area contributed by atoms with Crippen molar-refractivity contribution < 1.29 is 47.6 Å². The summed E-state index contributed by atoms with van der Waals surface area (Å²) in [7, 11) is -4.38. The zero-order valence-electron chi connectivity index (χ0n) is 28.6. The minimum absolute atomic E-state index is 0.0153. The molecule has 0 spiro atoms. The Kier molecular flexibility index (Phi) is 13.7. The fourth-order valence-electron chi connectivity index (χ4n) is 5.30. The number of fused-ring (bicyclic) bond motifs is 1. The van der Waals surface area contributed by atoms with Crippen LogP contribution < -0.4 is 14.9 Å². The number of nitrogens with zero attached hydrogens (tertiary/aromatic N) is 4. The molecule has 6 atom stereocenters. The summed E-state index contributed by atoms with van der Waals surface area (Å²) < 4.78 is 43.3. The third-order valence-corrected chi connectivity index (χ3v) is 10.0. The second-order valence-corrected chi connectivity index (χ2v) is 13.6. The normalized spacial score (nSPS) is 22.1. The number of rotatable bonds is 18. The lowest BCUT2D eigenvalue weighted by molar-refractivity contribution is -0.146. The first-order chi connectivity index (χ1) is 24.0. The monoisotopic (exact) mass is 716 g/mol. The highest BCUT2D eigenvalue weighted by Gasteiger charge is 2.58. The Hall–Kier alpha value is -4.10. The molecule has 1 saturated heterocycles. The van der Waals surface area contributed by atoms with Gasteiger partial charge in [-0.3, -0.25) is 14.6 Å². The number of hydrogen-bond donors (Lipinski definition) is 4. The van der Waals surface area contributed by atoms with Crippen molar-refractivity contribution in [3.63, 3.8) is 0 Å². The van der Waals surface area contributed by atoms with Crippen molar-refractivity contribution >= 4 is 31.1 Å². The van der Waals surface area contributed by atoms with Crippen LogP contribution in [-0.4, -0.2) is 81.0 Å². The highest BCUT2D eigenvalue weighted by Crippen LogP contribution is 2.47. The molecule has 0 saturated carbocycles. The van der Waals surface area contributed by atoms with Gasteiger partial charge in [0.15, 0.2) is 5.82 Å². The molecule has 4 N–H and O–H groups in total. The van der Waals surface area contributed by atoms with Gasteiger partial charge in [0.05, 0.1) is 25.5 Å². The number of nitrogens with one attached hydrogen (secondary N) is 2. The van der Waals surface area contributed by atoms with Crippen molar-refractivity contribution in [2.75, 3.05) is 25.1 Å². The van der Waals surface area contributed by atoms with Crippen molar-refractivity contribution in [1.29, 1.82) is 5.26 Å².